The number of amides is 2. The van der Waals surface area contributed by atoms with Crippen LogP contribution in [0.25, 0.3) is 0 Å². The smallest absolute Gasteiger partial charge is 0.317 e. The average Bonchev–Trinajstić information content (AvgIpc) is 2.76. The van der Waals surface area contributed by atoms with Crippen LogP contribution in [-0.4, -0.2) is 67.3 Å². The SMILES string of the molecule is O=C(NCC1CN2CCCC2CO1)N1CCCCCC1. The van der Waals surface area contributed by atoms with Gasteiger partial charge in [-0.3, -0.25) is 4.90 Å². The van der Waals surface area contributed by atoms with Gasteiger partial charge in [0.2, 0.25) is 0 Å². The largest absolute Gasteiger partial charge is 0.373 e. The lowest BCUT2D eigenvalue weighted by Gasteiger charge is -2.35. The van der Waals surface area contributed by atoms with E-state index >= 15 is 0 Å². The highest BCUT2D eigenvalue weighted by Crippen LogP contribution is 2.22. The van der Waals surface area contributed by atoms with Gasteiger partial charge in [-0.2, -0.15) is 0 Å². The molecule has 3 aliphatic rings. The molecule has 0 spiro atoms. The fourth-order valence-electron chi connectivity index (χ4n) is 3.60. The molecular weight excluding hydrogens is 254 g/mol. The number of carbonyl (C=O) groups is 1. The molecule has 5 nitrogen and oxygen atoms in total. The molecule has 114 valence electrons. The molecule has 5 heteroatoms. The fraction of sp³-hybridized carbons (Fsp3) is 0.933. The van der Waals surface area contributed by atoms with Crippen LogP contribution in [0.15, 0.2) is 0 Å². The number of ether oxygens (including phenoxy) is 1. The monoisotopic (exact) mass is 281 g/mol. The van der Waals surface area contributed by atoms with Gasteiger partial charge >= 0.3 is 6.03 Å². The van der Waals surface area contributed by atoms with Crippen molar-refractivity contribution in [2.24, 2.45) is 0 Å². The first-order valence-corrected chi connectivity index (χ1v) is 8.21. The molecule has 1 N–H and O–H groups in total. The number of nitrogens with zero attached hydrogens (tertiary/aromatic N) is 2. The lowest BCUT2D eigenvalue weighted by atomic mass is 10.2. The van der Waals surface area contributed by atoms with E-state index in [1.807, 2.05) is 4.90 Å². The predicted molar refractivity (Wildman–Crippen MR) is 77.8 cm³/mol. The van der Waals surface area contributed by atoms with E-state index in [4.69, 9.17) is 4.74 Å². The Morgan fingerprint density at radius 1 is 1.10 bits per heavy atom. The number of carbonyl (C=O) groups excluding carboxylic acids is 1. The molecule has 3 saturated heterocycles. The number of nitrogens with one attached hydrogen (secondary N) is 1. The van der Waals surface area contributed by atoms with E-state index in [0.717, 1.165) is 39.1 Å². The molecule has 0 bridgehead atoms. The summed E-state index contributed by atoms with van der Waals surface area (Å²) in [6.45, 7) is 5.48. The Hall–Kier alpha value is -0.810. The topological polar surface area (TPSA) is 44.8 Å². The molecule has 3 heterocycles. The normalized spacial score (nSPS) is 31.7. The van der Waals surface area contributed by atoms with E-state index in [-0.39, 0.29) is 12.1 Å². The zero-order valence-electron chi connectivity index (χ0n) is 12.4. The number of likely N-dealkylation sites (tertiary alicyclic amines) is 1. The number of fused-ring (bicyclic) bond motifs is 1. The molecule has 20 heavy (non-hydrogen) atoms. The van der Waals surface area contributed by atoms with Crippen molar-refractivity contribution in [3.8, 4) is 0 Å². The van der Waals surface area contributed by atoms with Crippen molar-refractivity contribution in [3.05, 3.63) is 0 Å². The van der Waals surface area contributed by atoms with Crippen molar-refractivity contribution in [1.29, 1.82) is 0 Å². The van der Waals surface area contributed by atoms with E-state index in [0.29, 0.717) is 12.6 Å². The third kappa shape index (κ3) is 3.44. The van der Waals surface area contributed by atoms with Crippen molar-refractivity contribution in [3.63, 3.8) is 0 Å². The van der Waals surface area contributed by atoms with E-state index in [9.17, 15) is 4.79 Å². The summed E-state index contributed by atoms with van der Waals surface area (Å²) in [5.41, 5.74) is 0. The van der Waals surface area contributed by atoms with Crippen LogP contribution in [-0.2, 0) is 4.74 Å². The number of hydrogen-bond acceptors (Lipinski definition) is 3. The van der Waals surface area contributed by atoms with Crippen LogP contribution >= 0.6 is 0 Å². The zero-order valence-corrected chi connectivity index (χ0v) is 12.4. The summed E-state index contributed by atoms with van der Waals surface area (Å²) in [6.07, 6.45) is 7.53. The highest BCUT2D eigenvalue weighted by atomic mass is 16.5. The first-order chi connectivity index (χ1) is 9.83. The average molecular weight is 281 g/mol. The third-order valence-electron chi connectivity index (χ3n) is 4.84. The highest BCUT2D eigenvalue weighted by molar-refractivity contribution is 5.74. The molecular formula is C15H27N3O2. The summed E-state index contributed by atoms with van der Waals surface area (Å²) in [7, 11) is 0. The minimum absolute atomic E-state index is 0.0963. The van der Waals surface area contributed by atoms with Crippen LogP contribution < -0.4 is 5.32 Å². The molecule has 3 rings (SSSR count). The van der Waals surface area contributed by atoms with Crippen LogP contribution in [0.3, 0.4) is 0 Å². The molecule has 0 aromatic rings. The van der Waals surface area contributed by atoms with E-state index in [2.05, 4.69) is 10.2 Å². The molecule has 2 unspecified atom stereocenters. The number of urea groups is 1. The summed E-state index contributed by atoms with van der Waals surface area (Å²) in [6, 6.07) is 0.728. The first kappa shape index (κ1) is 14.1. The molecule has 0 aromatic carbocycles. The second-order valence-electron chi connectivity index (χ2n) is 6.33. The number of rotatable bonds is 2. The van der Waals surface area contributed by atoms with Gasteiger partial charge in [0.15, 0.2) is 0 Å². The van der Waals surface area contributed by atoms with Crippen molar-refractivity contribution in [2.75, 3.05) is 39.3 Å². The Kier molecular flexibility index (Phi) is 4.78. The van der Waals surface area contributed by atoms with Crippen molar-refractivity contribution < 1.29 is 9.53 Å². The Bertz CT molecular complexity index is 329. The third-order valence-corrected chi connectivity index (χ3v) is 4.84. The van der Waals surface area contributed by atoms with Gasteiger partial charge in [0.05, 0.1) is 12.7 Å². The molecule has 3 aliphatic heterocycles. The van der Waals surface area contributed by atoms with Crippen LogP contribution in [0.4, 0.5) is 4.79 Å². The number of morpholine rings is 1. The van der Waals surface area contributed by atoms with E-state index in [1.54, 1.807) is 0 Å². The molecule has 0 radical (unpaired) electrons. The van der Waals surface area contributed by atoms with Crippen molar-refractivity contribution >= 4 is 6.03 Å². The van der Waals surface area contributed by atoms with Gasteiger partial charge in [-0.1, -0.05) is 12.8 Å². The maximum Gasteiger partial charge on any atom is 0.317 e. The van der Waals surface area contributed by atoms with Crippen molar-refractivity contribution in [1.82, 2.24) is 15.1 Å². The first-order valence-electron chi connectivity index (χ1n) is 8.21. The van der Waals surface area contributed by atoms with Gasteiger partial charge in [0, 0.05) is 32.2 Å². The summed E-state index contributed by atoms with van der Waals surface area (Å²) in [5.74, 6) is 0. The minimum Gasteiger partial charge on any atom is -0.373 e. The quantitative estimate of drug-likeness (QED) is 0.833. The lowest BCUT2D eigenvalue weighted by Crippen LogP contribution is -2.51. The molecule has 0 saturated carbocycles. The van der Waals surface area contributed by atoms with Gasteiger partial charge in [-0.05, 0) is 32.2 Å². The molecule has 0 aromatic heterocycles. The summed E-state index contributed by atoms with van der Waals surface area (Å²) >= 11 is 0. The molecule has 2 atom stereocenters. The summed E-state index contributed by atoms with van der Waals surface area (Å²) < 4.78 is 5.88. The Labute approximate surface area is 121 Å². The molecule has 2 amide bonds. The van der Waals surface area contributed by atoms with Gasteiger partial charge in [-0.15, -0.1) is 0 Å². The maximum absolute atomic E-state index is 12.2. The van der Waals surface area contributed by atoms with Crippen molar-refractivity contribution in [2.45, 2.75) is 50.7 Å². The second-order valence-corrected chi connectivity index (χ2v) is 6.33. The minimum atomic E-state index is 0.0963. The van der Waals surface area contributed by atoms with Gasteiger partial charge in [0.25, 0.3) is 0 Å². The Morgan fingerprint density at radius 2 is 1.90 bits per heavy atom. The van der Waals surface area contributed by atoms with Crippen LogP contribution in [0.1, 0.15) is 38.5 Å². The Morgan fingerprint density at radius 3 is 2.70 bits per heavy atom. The van der Waals surface area contributed by atoms with Gasteiger partial charge in [0.1, 0.15) is 0 Å². The van der Waals surface area contributed by atoms with Gasteiger partial charge < -0.3 is 15.0 Å². The highest BCUT2D eigenvalue weighted by Gasteiger charge is 2.32. The summed E-state index contributed by atoms with van der Waals surface area (Å²) in [4.78, 5) is 16.7. The van der Waals surface area contributed by atoms with Gasteiger partial charge in [-0.25, -0.2) is 4.79 Å². The van der Waals surface area contributed by atoms with Crippen LogP contribution in [0.2, 0.25) is 0 Å². The number of hydrogen-bond donors (Lipinski definition) is 1. The Balaban J connectivity index is 1.41. The zero-order chi connectivity index (χ0) is 13.8. The standard InChI is InChI=1S/C15H27N3O2/c19-15(17-7-3-1-2-4-8-17)16-10-14-11-18-9-5-6-13(18)12-20-14/h13-14H,1-12H2,(H,16,19). The summed E-state index contributed by atoms with van der Waals surface area (Å²) in [5, 5.41) is 3.07. The van der Waals surface area contributed by atoms with E-state index in [1.165, 1.54) is 32.2 Å². The predicted octanol–water partition coefficient (Wildman–Crippen LogP) is 1.44. The fourth-order valence-corrected chi connectivity index (χ4v) is 3.60. The molecule has 3 fully saturated rings. The maximum atomic E-state index is 12.2. The lowest BCUT2D eigenvalue weighted by molar-refractivity contribution is -0.0461. The van der Waals surface area contributed by atoms with Crippen LogP contribution in [0.5, 0.6) is 0 Å². The van der Waals surface area contributed by atoms with Crippen LogP contribution in [0, 0.1) is 0 Å². The van der Waals surface area contributed by atoms with E-state index < -0.39 is 0 Å². The molecule has 0 aliphatic carbocycles. The second kappa shape index (κ2) is 6.76.